The van der Waals surface area contributed by atoms with Gasteiger partial charge in [0.05, 0.1) is 18.3 Å². The molecule has 2 atom stereocenters. The van der Waals surface area contributed by atoms with E-state index in [1.165, 1.54) is 7.11 Å². The van der Waals surface area contributed by atoms with Gasteiger partial charge in [-0.3, -0.25) is 9.59 Å². The van der Waals surface area contributed by atoms with E-state index < -0.39 is 0 Å². The van der Waals surface area contributed by atoms with E-state index in [4.69, 9.17) is 0 Å². The van der Waals surface area contributed by atoms with Crippen molar-refractivity contribution in [2.45, 2.75) is 39.4 Å². The third-order valence-electron chi connectivity index (χ3n) is 2.24. The van der Waals surface area contributed by atoms with Gasteiger partial charge in [0.1, 0.15) is 5.78 Å². The summed E-state index contributed by atoms with van der Waals surface area (Å²) in [6.45, 7) is 7.54. The molecule has 0 aliphatic carbocycles. The van der Waals surface area contributed by atoms with Crippen LogP contribution in [0.5, 0.6) is 0 Å². The van der Waals surface area contributed by atoms with Crippen LogP contribution >= 0.6 is 12.6 Å². The second-order valence-electron chi connectivity index (χ2n) is 4.86. The fourth-order valence-corrected chi connectivity index (χ4v) is 1.29. The lowest BCUT2D eigenvalue weighted by Crippen LogP contribution is -2.31. The molecule has 0 spiro atoms. The summed E-state index contributed by atoms with van der Waals surface area (Å²) in [4.78, 5) is 22.9. The van der Waals surface area contributed by atoms with Crippen molar-refractivity contribution in [3.8, 4) is 0 Å². The Morgan fingerprint density at radius 2 is 1.80 bits per heavy atom. The van der Waals surface area contributed by atoms with E-state index in [0.29, 0.717) is 0 Å². The Morgan fingerprint density at radius 1 is 1.33 bits per heavy atom. The van der Waals surface area contributed by atoms with Crippen molar-refractivity contribution in [2.75, 3.05) is 7.11 Å². The quantitative estimate of drug-likeness (QED) is 0.596. The molecular formula is C11H20O3S. The number of hydrogen-bond acceptors (Lipinski definition) is 4. The second-order valence-corrected chi connectivity index (χ2v) is 5.38. The highest BCUT2D eigenvalue weighted by atomic mass is 32.1. The molecule has 0 heterocycles. The second kappa shape index (κ2) is 5.54. The largest absolute Gasteiger partial charge is 0.469 e. The zero-order valence-electron chi connectivity index (χ0n) is 10.0. The number of carbonyl (C=O) groups excluding carboxylic acids is 2. The van der Waals surface area contributed by atoms with Crippen molar-refractivity contribution in [3.05, 3.63) is 0 Å². The molecule has 0 bridgehead atoms. The maximum Gasteiger partial charge on any atom is 0.308 e. The van der Waals surface area contributed by atoms with Crippen molar-refractivity contribution in [1.29, 1.82) is 0 Å². The van der Waals surface area contributed by atoms with Gasteiger partial charge in [0, 0.05) is 6.42 Å². The number of esters is 1. The van der Waals surface area contributed by atoms with E-state index in [9.17, 15) is 9.59 Å². The number of thiol groups is 1. The van der Waals surface area contributed by atoms with Crippen LogP contribution in [0.15, 0.2) is 0 Å². The summed E-state index contributed by atoms with van der Waals surface area (Å²) in [5, 5.41) is -0.343. The number of Topliss-reactive ketones (excluding diaryl/α,β-unsaturated/α-hetero) is 1. The topological polar surface area (TPSA) is 43.4 Å². The lowest BCUT2D eigenvalue weighted by atomic mass is 9.86. The van der Waals surface area contributed by atoms with E-state index in [-0.39, 0.29) is 34.8 Å². The molecule has 0 aliphatic heterocycles. The predicted octanol–water partition coefficient (Wildman–Crippen LogP) is 2.10. The molecule has 0 N–H and O–H groups in total. The number of rotatable bonds is 4. The van der Waals surface area contributed by atoms with Crippen LogP contribution in [0, 0.1) is 11.3 Å². The molecule has 3 nitrogen and oxygen atoms in total. The molecular weight excluding hydrogens is 212 g/mol. The fraction of sp³-hybridized carbons (Fsp3) is 0.818. The van der Waals surface area contributed by atoms with Crippen molar-refractivity contribution >= 4 is 24.4 Å². The van der Waals surface area contributed by atoms with Gasteiger partial charge in [0.15, 0.2) is 0 Å². The predicted molar refractivity (Wildman–Crippen MR) is 63.0 cm³/mol. The Hall–Kier alpha value is -0.510. The molecule has 0 fully saturated rings. The van der Waals surface area contributed by atoms with Gasteiger partial charge in [0.25, 0.3) is 0 Å². The number of ether oxygens (including phenoxy) is 1. The molecule has 0 rings (SSSR count). The summed E-state index contributed by atoms with van der Waals surface area (Å²) in [5.41, 5.74) is -0.184. The smallest absolute Gasteiger partial charge is 0.308 e. The van der Waals surface area contributed by atoms with Gasteiger partial charge in [-0.25, -0.2) is 0 Å². The number of carbonyl (C=O) groups is 2. The monoisotopic (exact) mass is 232 g/mol. The van der Waals surface area contributed by atoms with Crippen molar-refractivity contribution in [2.24, 2.45) is 11.3 Å². The van der Waals surface area contributed by atoms with Crippen molar-refractivity contribution < 1.29 is 14.3 Å². The van der Waals surface area contributed by atoms with Gasteiger partial charge < -0.3 is 4.74 Å². The number of ketones is 1. The lowest BCUT2D eigenvalue weighted by molar-refractivity contribution is -0.146. The average molecular weight is 232 g/mol. The normalized spacial score (nSPS) is 15.6. The fourth-order valence-electron chi connectivity index (χ4n) is 1.18. The average Bonchev–Trinajstić information content (AvgIpc) is 2.13. The van der Waals surface area contributed by atoms with Crippen LogP contribution in [-0.2, 0) is 14.3 Å². The molecule has 0 saturated heterocycles. The Balaban J connectivity index is 4.32. The van der Waals surface area contributed by atoms with Crippen molar-refractivity contribution in [3.63, 3.8) is 0 Å². The molecule has 0 aliphatic rings. The van der Waals surface area contributed by atoms with E-state index in [1.54, 1.807) is 6.92 Å². The highest BCUT2D eigenvalue weighted by Gasteiger charge is 2.29. The lowest BCUT2D eigenvalue weighted by Gasteiger charge is -2.25. The molecule has 0 radical (unpaired) electrons. The van der Waals surface area contributed by atoms with Gasteiger partial charge in [-0.1, -0.05) is 27.7 Å². The first-order valence-electron chi connectivity index (χ1n) is 4.98. The molecule has 4 heteroatoms. The summed E-state index contributed by atoms with van der Waals surface area (Å²) < 4.78 is 4.56. The highest BCUT2D eigenvalue weighted by Crippen LogP contribution is 2.26. The van der Waals surface area contributed by atoms with E-state index in [0.717, 1.165) is 0 Å². The van der Waals surface area contributed by atoms with E-state index in [1.807, 2.05) is 20.8 Å². The zero-order valence-corrected chi connectivity index (χ0v) is 10.9. The van der Waals surface area contributed by atoms with Crippen LogP contribution in [0.4, 0.5) is 0 Å². The van der Waals surface area contributed by atoms with Gasteiger partial charge in [-0.15, -0.1) is 0 Å². The summed E-state index contributed by atoms with van der Waals surface area (Å²) in [6.07, 6.45) is 0.193. The van der Waals surface area contributed by atoms with E-state index >= 15 is 0 Å². The van der Waals surface area contributed by atoms with Crippen LogP contribution in [0.2, 0.25) is 0 Å². The minimum Gasteiger partial charge on any atom is -0.469 e. The minimum absolute atomic E-state index is 0.0104. The minimum atomic E-state index is -0.389. The maximum atomic E-state index is 11.7. The Bertz CT molecular complexity index is 243. The third kappa shape index (κ3) is 4.69. The Kier molecular flexibility index (Phi) is 5.35. The molecule has 0 saturated carbocycles. The van der Waals surface area contributed by atoms with Gasteiger partial charge in [-0.05, 0) is 5.41 Å². The SMILES string of the molecule is COC(=O)C(C)CC(=O)C(S)C(C)(C)C. The van der Waals surface area contributed by atoms with Crippen LogP contribution in [0.25, 0.3) is 0 Å². The highest BCUT2D eigenvalue weighted by molar-refractivity contribution is 7.81. The standard InChI is InChI=1S/C11H20O3S/c1-7(10(13)14-5)6-8(12)9(15)11(2,3)4/h7,9,15H,6H2,1-5H3. The Morgan fingerprint density at radius 3 is 2.13 bits per heavy atom. The summed E-state index contributed by atoms with van der Waals surface area (Å²) in [7, 11) is 1.32. The third-order valence-corrected chi connectivity index (χ3v) is 3.30. The van der Waals surface area contributed by atoms with E-state index in [2.05, 4.69) is 17.4 Å². The molecule has 88 valence electrons. The molecule has 2 unspecified atom stereocenters. The first-order chi connectivity index (χ1) is 6.70. The van der Waals surface area contributed by atoms with Gasteiger partial charge >= 0.3 is 5.97 Å². The molecule has 15 heavy (non-hydrogen) atoms. The summed E-state index contributed by atoms with van der Waals surface area (Å²) in [6, 6.07) is 0. The number of methoxy groups -OCH3 is 1. The van der Waals surface area contributed by atoms with Crippen molar-refractivity contribution in [1.82, 2.24) is 0 Å². The van der Waals surface area contributed by atoms with Gasteiger partial charge in [0.2, 0.25) is 0 Å². The molecule has 0 aromatic heterocycles. The van der Waals surface area contributed by atoms with Crippen LogP contribution in [0.3, 0.4) is 0 Å². The van der Waals surface area contributed by atoms with Gasteiger partial charge in [-0.2, -0.15) is 12.6 Å². The maximum absolute atomic E-state index is 11.7. The van der Waals surface area contributed by atoms with Crippen LogP contribution < -0.4 is 0 Å². The Labute approximate surface area is 97.0 Å². The summed E-state index contributed by atoms with van der Waals surface area (Å²) >= 11 is 4.28. The summed E-state index contributed by atoms with van der Waals surface area (Å²) in [5.74, 6) is -0.749. The number of hydrogen-bond donors (Lipinski definition) is 1. The van der Waals surface area contributed by atoms with Crippen LogP contribution in [-0.4, -0.2) is 24.1 Å². The first kappa shape index (κ1) is 14.5. The zero-order chi connectivity index (χ0) is 12.2. The molecule has 0 aromatic rings. The molecule has 0 aromatic carbocycles. The first-order valence-corrected chi connectivity index (χ1v) is 5.50. The molecule has 0 amide bonds. The van der Waals surface area contributed by atoms with Crippen LogP contribution in [0.1, 0.15) is 34.1 Å².